The van der Waals surface area contributed by atoms with Crippen LogP contribution in [-0.4, -0.2) is 18.4 Å². The van der Waals surface area contributed by atoms with Crippen molar-refractivity contribution in [2.24, 2.45) is 5.16 Å². The van der Waals surface area contributed by atoms with Crippen molar-refractivity contribution in [3.8, 4) is 0 Å². The maximum Gasteiger partial charge on any atom is 0.218 e. The van der Waals surface area contributed by atoms with Gasteiger partial charge in [-0.05, 0) is 24.3 Å². The molecular formula is C9H8Cl2N2O. The molecular weight excluding hydrogens is 223 g/mol. The molecule has 1 aliphatic rings. The first-order valence-corrected chi connectivity index (χ1v) is 5.01. The highest BCUT2D eigenvalue weighted by Gasteiger charge is 2.22. The summed E-state index contributed by atoms with van der Waals surface area (Å²) in [5, 5.41) is 4.40. The summed E-state index contributed by atoms with van der Waals surface area (Å²) in [7, 11) is 0. The van der Waals surface area contributed by atoms with Crippen LogP contribution in [0, 0.1) is 0 Å². The van der Waals surface area contributed by atoms with E-state index in [1.165, 1.54) is 0 Å². The number of anilines is 1. The van der Waals surface area contributed by atoms with Gasteiger partial charge in [-0.25, -0.2) is 0 Å². The summed E-state index contributed by atoms with van der Waals surface area (Å²) in [6, 6.07) is 7.41. The standard InChI is InChI=1S/C9H8Cl2N2O/c10-5-9-13(6-12-14-9)8-3-1-7(11)2-4-8/h1-4,6,9H,5H2. The van der Waals surface area contributed by atoms with Crippen molar-refractivity contribution in [2.75, 3.05) is 10.8 Å². The fourth-order valence-corrected chi connectivity index (χ4v) is 1.55. The van der Waals surface area contributed by atoms with Crippen LogP contribution in [0.1, 0.15) is 0 Å². The Balaban J connectivity index is 2.22. The van der Waals surface area contributed by atoms with Crippen LogP contribution in [0.2, 0.25) is 5.02 Å². The van der Waals surface area contributed by atoms with E-state index in [0.29, 0.717) is 10.9 Å². The third-order valence-electron chi connectivity index (χ3n) is 1.92. The van der Waals surface area contributed by atoms with E-state index in [0.717, 1.165) is 5.69 Å². The van der Waals surface area contributed by atoms with Crippen LogP contribution in [0.15, 0.2) is 29.4 Å². The third-order valence-corrected chi connectivity index (χ3v) is 2.44. The van der Waals surface area contributed by atoms with Crippen LogP contribution in [0.25, 0.3) is 0 Å². The average Bonchev–Trinajstić information content (AvgIpc) is 2.67. The van der Waals surface area contributed by atoms with Crippen molar-refractivity contribution in [3.05, 3.63) is 29.3 Å². The van der Waals surface area contributed by atoms with Crippen molar-refractivity contribution in [1.29, 1.82) is 0 Å². The number of oxime groups is 1. The maximum absolute atomic E-state index is 5.78. The van der Waals surface area contributed by atoms with E-state index in [4.69, 9.17) is 28.0 Å². The normalized spacial score (nSPS) is 19.9. The minimum absolute atomic E-state index is 0.224. The minimum Gasteiger partial charge on any atom is -0.367 e. The molecule has 1 aromatic carbocycles. The van der Waals surface area contributed by atoms with Crippen molar-refractivity contribution >= 4 is 35.2 Å². The van der Waals surface area contributed by atoms with Gasteiger partial charge in [-0.2, -0.15) is 0 Å². The van der Waals surface area contributed by atoms with Gasteiger partial charge in [-0.1, -0.05) is 16.8 Å². The van der Waals surface area contributed by atoms with Crippen molar-refractivity contribution < 1.29 is 4.84 Å². The maximum atomic E-state index is 5.78. The van der Waals surface area contributed by atoms with Gasteiger partial charge >= 0.3 is 0 Å². The fraction of sp³-hybridized carbons (Fsp3) is 0.222. The van der Waals surface area contributed by atoms with Crippen LogP contribution in [0.4, 0.5) is 5.69 Å². The van der Waals surface area contributed by atoms with Crippen molar-refractivity contribution in [2.45, 2.75) is 6.23 Å². The molecule has 0 fully saturated rings. The first-order valence-electron chi connectivity index (χ1n) is 4.10. The number of rotatable bonds is 2. The highest BCUT2D eigenvalue weighted by atomic mass is 35.5. The largest absolute Gasteiger partial charge is 0.367 e. The van der Waals surface area contributed by atoms with Gasteiger partial charge in [0.1, 0.15) is 6.34 Å². The molecule has 0 saturated heterocycles. The van der Waals surface area contributed by atoms with Gasteiger partial charge in [0, 0.05) is 10.7 Å². The molecule has 0 N–H and O–H groups in total. The van der Waals surface area contributed by atoms with E-state index in [1.807, 2.05) is 29.2 Å². The lowest BCUT2D eigenvalue weighted by molar-refractivity contribution is 0.103. The Labute approximate surface area is 91.8 Å². The van der Waals surface area contributed by atoms with Gasteiger partial charge in [0.05, 0.1) is 5.88 Å². The molecule has 14 heavy (non-hydrogen) atoms. The zero-order valence-corrected chi connectivity index (χ0v) is 8.74. The molecule has 0 spiro atoms. The highest BCUT2D eigenvalue weighted by molar-refractivity contribution is 6.30. The Hall–Kier alpha value is -0.930. The summed E-state index contributed by atoms with van der Waals surface area (Å²) in [5.74, 6) is 0.364. The van der Waals surface area contributed by atoms with E-state index in [-0.39, 0.29) is 6.23 Å². The van der Waals surface area contributed by atoms with E-state index >= 15 is 0 Å². The Kier molecular flexibility index (Phi) is 2.79. The van der Waals surface area contributed by atoms with Gasteiger partial charge in [-0.15, -0.1) is 11.6 Å². The lowest BCUT2D eigenvalue weighted by Gasteiger charge is -2.19. The molecule has 0 bridgehead atoms. The second-order valence-electron chi connectivity index (χ2n) is 2.82. The summed E-state index contributed by atoms with van der Waals surface area (Å²) in [6.45, 7) is 0. The predicted molar refractivity (Wildman–Crippen MR) is 58.0 cm³/mol. The van der Waals surface area contributed by atoms with E-state index in [1.54, 1.807) is 6.34 Å². The number of hydrogen-bond donors (Lipinski definition) is 0. The van der Waals surface area contributed by atoms with Gasteiger partial charge in [-0.3, -0.25) is 4.90 Å². The van der Waals surface area contributed by atoms with E-state index in [2.05, 4.69) is 5.16 Å². The molecule has 0 amide bonds. The molecule has 3 nitrogen and oxygen atoms in total. The Morgan fingerprint density at radius 3 is 2.71 bits per heavy atom. The molecule has 74 valence electrons. The summed E-state index contributed by atoms with van der Waals surface area (Å²) in [5.41, 5.74) is 0.960. The molecule has 0 aromatic heterocycles. The van der Waals surface area contributed by atoms with E-state index in [9.17, 15) is 0 Å². The average molecular weight is 231 g/mol. The molecule has 0 saturated carbocycles. The minimum atomic E-state index is -0.224. The summed E-state index contributed by atoms with van der Waals surface area (Å²) < 4.78 is 0. The van der Waals surface area contributed by atoms with Gasteiger partial charge in [0.15, 0.2) is 0 Å². The number of halogens is 2. The SMILES string of the molecule is ClCC1ON=CN1c1ccc(Cl)cc1. The van der Waals surface area contributed by atoms with Crippen LogP contribution < -0.4 is 4.90 Å². The van der Waals surface area contributed by atoms with E-state index < -0.39 is 0 Å². The summed E-state index contributed by atoms with van der Waals surface area (Å²) in [4.78, 5) is 6.88. The van der Waals surface area contributed by atoms with Crippen LogP contribution in [0.3, 0.4) is 0 Å². The van der Waals surface area contributed by atoms with Crippen molar-refractivity contribution in [3.63, 3.8) is 0 Å². The van der Waals surface area contributed by atoms with Gasteiger partial charge in [0.25, 0.3) is 0 Å². The van der Waals surface area contributed by atoms with Gasteiger partial charge < -0.3 is 4.84 Å². The first kappa shape index (κ1) is 9.62. The Morgan fingerprint density at radius 2 is 2.07 bits per heavy atom. The van der Waals surface area contributed by atoms with Gasteiger partial charge in [0.2, 0.25) is 6.23 Å². The Bertz CT molecular complexity index is 339. The van der Waals surface area contributed by atoms with Crippen LogP contribution in [-0.2, 0) is 4.84 Å². The number of hydrogen-bond acceptors (Lipinski definition) is 3. The first-order chi connectivity index (χ1) is 6.81. The van der Waals surface area contributed by atoms with Crippen molar-refractivity contribution in [1.82, 2.24) is 0 Å². The number of nitrogens with zero attached hydrogens (tertiary/aromatic N) is 2. The molecule has 1 heterocycles. The second kappa shape index (κ2) is 4.07. The summed E-state index contributed by atoms with van der Waals surface area (Å²) >= 11 is 11.5. The fourth-order valence-electron chi connectivity index (χ4n) is 1.22. The monoisotopic (exact) mass is 230 g/mol. The third kappa shape index (κ3) is 1.79. The molecule has 1 atom stereocenters. The number of alkyl halides is 1. The number of benzene rings is 1. The highest BCUT2D eigenvalue weighted by Crippen LogP contribution is 2.22. The quantitative estimate of drug-likeness (QED) is 0.731. The molecule has 2 rings (SSSR count). The molecule has 0 radical (unpaired) electrons. The second-order valence-corrected chi connectivity index (χ2v) is 3.56. The molecule has 1 unspecified atom stereocenters. The molecule has 1 aliphatic heterocycles. The zero-order valence-electron chi connectivity index (χ0n) is 7.23. The zero-order chi connectivity index (χ0) is 9.97. The predicted octanol–water partition coefficient (Wildman–Crippen LogP) is 2.68. The topological polar surface area (TPSA) is 24.8 Å². The smallest absolute Gasteiger partial charge is 0.218 e. The molecule has 0 aliphatic carbocycles. The molecule has 1 aromatic rings. The van der Waals surface area contributed by atoms with Crippen LogP contribution in [0.5, 0.6) is 0 Å². The van der Waals surface area contributed by atoms with Crippen LogP contribution >= 0.6 is 23.2 Å². The Morgan fingerprint density at radius 1 is 1.36 bits per heavy atom. The summed E-state index contributed by atoms with van der Waals surface area (Å²) in [6.07, 6.45) is 1.38. The molecule has 5 heteroatoms. The lowest BCUT2D eigenvalue weighted by Crippen LogP contribution is -2.31. The lowest BCUT2D eigenvalue weighted by atomic mass is 10.3.